The van der Waals surface area contributed by atoms with E-state index in [0.29, 0.717) is 12.1 Å². The molecule has 0 radical (unpaired) electrons. The Morgan fingerprint density at radius 1 is 0.875 bits per heavy atom. The highest BCUT2D eigenvalue weighted by Gasteiger charge is 2.33. The summed E-state index contributed by atoms with van der Waals surface area (Å²) in [4.78, 5) is 28.9. The lowest BCUT2D eigenvalue weighted by molar-refractivity contribution is -0.139. The third-order valence-electron chi connectivity index (χ3n) is 7.56. The van der Waals surface area contributed by atoms with Crippen LogP contribution in [-0.4, -0.2) is 50.3 Å². The highest BCUT2D eigenvalue weighted by molar-refractivity contribution is 7.92. The second kappa shape index (κ2) is 13.1. The Morgan fingerprint density at radius 3 is 2.05 bits per heavy atom. The van der Waals surface area contributed by atoms with E-state index in [2.05, 4.69) is 5.32 Å². The Hall–Kier alpha value is -3.65. The number of sulfonamides is 1. The predicted octanol–water partition coefficient (Wildman–Crippen LogP) is 5.02. The number of nitrogens with one attached hydrogen (secondary N) is 1. The molecule has 8 heteroatoms. The second-order valence-electron chi connectivity index (χ2n) is 10.6. The topological polar surface area (TPSA) is 86.8 Å². The van der Waals surface area contributed by atoms with Gasteiger partial charge in [-0.3, -0.25) is 13.9 Å². The summed E-state index contributed by atoms with van der Waals surface area (Å²) in [5.41, 5.74) is 3.34. The van der Waals surface area contributed by atoms with Crippen LogP contribution in [0.15, 0.2) is 83.8 Å². The minimum atomic E-state index is -4.06. The van der Waals surface area contributed by atoms with Gasteiger partial charge in [0.1, 0.15) is 12.6 Å². The van der Waals surface area contributed by atoms with E-state index in [-0.39, 0.29) is 23.4 Å². The Kier molecular flexibility index (Phi) is 9.63. The quantitative estimate of drug-likeness (QED) is 0.356. The van der Waals surface area contributed by atoms with Crippen molar-refractivity contribution in [3.05, 3.63) is 95.6 Å². The average molecular weight is 562 g/mol. The molecule has 0 unspecified atom stereocenters. The van der Waals surface area contributed by atoms with Gasteiger partial charge in [0, 0.05) is 12.6 Å². The number of benzene rings is 3. The third kappa shape index (κ3) is 7.30. The monoisotopic (exact) mass is 561 g/mol. The van der Waals surface area contributed by atoms with Crippen molar-refractivity contribution in [2.24, 2.45) is 0 Å². The first kappa shape index (κ1) is 29.3. The van der Waals surface area contributed by atoms with Gasteiger partial charge in [0.25, 0.3) is 10.0 Å². The van der Waals surface area contributed by atoms with Gasteiger partial charge in [-0.05, 0) is 69.9 Å². The molecule has 0 saturated heterocycles. The summed E-state index contributed by atoms with van der Waals surface area (Å²) >= 11 is 0. The van der Waals surface area contributed by atoms with Crippen molar-refractivity contribution in [1.29, 1.82) is 0 Å². The molecule has 1 aliphatic rings. The largest absolute Gasteiger partial charge is 0.352 e. The van der Waals surface area contributed by atoms with Crippen molar-refractivity contribution in [3.8, 4) is 0 Å². The van der Waals surface area contributed by atoms with Crippen LogP contribution in [0.25, 0.3) is 0 Å². The summed E-state index contributed by atoms with van der Waals surface area (Å²) in [6, 6.07) is 22.8. The van der Waals surface area contributed by atoms with Crippen molar-refractivity contribution in [2.45, 2.75) is 69.9 Å². The molecule has 1 aliphatic carbocycles. The summed E-state index contributed by atoms with van der Waals surface area (Å²) in [6.45, 7) is 5.39. The van der Waals surface area contributed by atoms with Crippen LogP contribution in [-0.2, 0) is 26.0 Å². The molecule has 3 aromatic rings. The molecule has 0 aromatic heterocycles. The van der Waals surface area contributed by atoms with E-state index in [1.165, 1.54) is 4.90 Å². The lowest BCUT2D eigenvalue weighted by Crippen LogP contribution is -2.53. The maximum Gasteiger partial charge on any atom is 0.264 e. The number of amides is 2. The van der Waals surface area contributed by atoms with Gasteiger partial charge in [0.2, 0.25) is 11.8 Å². The van der Waals surface area contributed by atoms with Crippen molar-refractivity contribution in [2.75, 3.05) is 17.4 Å². The fourth-order valence-electron chi connectivity index (χ4n) is 5.04. The SMILES string of the molecule is Cc1ccc(N(CC(=O)N(CCc2ccccc2)[C@H](C)C(=O)NC2CCCC2)S(=O)(=O)c2ccc(C)cc2)cc1. The number of hydrogen-bond donors (Lipinski definition) is 1. The van der Waals surface area contributed by atoms with Crippen molar-refractivity contribution >= 4 is 27.5 Å². The summed E-state index contributed by atoms with van der Waals surface area (Å²) in [6.07, 6.45) is 4.58. The molecule has 40 heavy (non-hydrogen) atoms. The molecular weight excluding hydrogens is 522 g/mol. The molecule has 1 atom stereocenters. The number of anilines is 1. The van der Waals surface area contributed by atoms with Crippen LogP contribution in [0.3, 0.4) is 0 Å². The van der Waals surface area contributed by atoms with Gasteiger partial charge in [-0.15, -0.1) is 0 Å². The van der Waals surface area contributed by atoms with E-state index in [1.807, 2.05) is 56.3 Å². The maximum absolute atomic E-state index is 14.0. The highest BCUT2D eigenvalue weighted by Crippen LogP contribution is 2.25. The van der Waals surface area contributed by atoms with Crippen LogP contribution >= 0.6 is 0 Å². The lowest BCUT2D eigenvalue weighted by Gasteiger charge is -2.32. The van der Waals surface area contributed by atoms with Crippen molar-refractivity contribution < 1.29 is 18.0 Å². The van der Waals surface area contributed by atoms with Crippen molar-refractivity contribution in [1.82, 2.24) is 10.2 Å². The molecule has 2 amide bonds. The fourth-order valence-corrected chi connectivity index (χ4v) is 6.45. The van der Waals surface area contributed by atoms with Crippen LogP contribution in [0, 0.1) is 13.8 Å². The van der Waals surface area contributed by atoms with Crippen molar-refractivity contribution in [3.63, 3.8) is 0 Å². The highest BCUT2D eigenvalue weighted by atomic mass is 32.2. The van der Waals surface area contributed by atoms with E-state index >= 15 is 0 Å². The normalized spacial score (nSPS) is 14.5. The van der Waals surface area contributed by atoms with E-state index < -0.39 is 28.5 Å². The average Bonchev–Trinajstić information content (AvgIpc) is 3.46. The first-order valence-corrected chi connectivity index (χ1v) is 15.4. The summed E-state index contributed by atoms with van der Waals surface area (Å²) in [5, 5.41) is 3.10. The smallest absolute Gasteiger partial charge is 0.264 e. The molecular formula is C32H39N3O4S. The van der Waals surface area contributed by atoms with Crippen LogP contribution in [0.2, 0.25) is 0 Å². The van der Waals surface area contributed by atoms with E-state index in [1.54, 1.807) is 43.3 Å². The molecule has 1 saturated carbocycles. The van der Waals surface area contributed by atoms with E-state index in [4.69, 9.17) is 0 Å². The summed E-state index contributed by atoms with van der Waals surface area (Å²) < 4.78 is 28.9. The first-order chi connectivity index (χ1) is 19.1. The molecule has 212 valence electrons. The van der Waals surface area contributed by atoms with Crippen LogP contribution in [0.4, 0.5) is 5.69 Å². The lowest BCUT2D eigenvalue weighted by atomic mass is 10.1. The van der Waals surface area contributed by atoms with Gasteiger partial charge >= 0.3 is 0 Å². The fraction of sp³-hybridized carbons (Fsp3) is 0.375. The van der Waals surface area contributed by atoms with Crippen LogP contribution in [0.1, 0.15) is 49.3 Å². The molecule has 4 rings (SSSR count). The Balaban J connectivity index is 1.63. The second-order valence-corrected chi connectivity index (χ2v) is 12.5. The molecule has 7 nitrogen and oxygen atoms in total. The predicted molar refractivity (Wildman–Crippen MR) is 159 cm³/mol. The van der Waals surface area contributed by atoms with Gasteiger partial charge in [-0.2, -0.15) is 0 Å². The molecule has 3 aromatic carbocycles. The maximum atomic E-state index is 14.0. The summed E-state index contributed by atoms with van der Waals surface area (Å²) in [7, 11) is -4.06. The van der Waals surface area contributed by atoms with E-state index in [9.17, 15) is 18.0 Å². The minimum Gasteiger partial charge on any atom is -0.352 e. The molecule has 0 heterocycles. The minimum absolute atomic E-state index is 0.106. The van der Waals surface area contributed by atoms with Gasteiger partial charge in [-0.1, -0.05) is 78.6 Å². The van der Waals surface area contributed by atoms with E-state index in [0.717, 1.165) is 46.7 Å². The Bertz CT molecular complexity index is 1380. The zero-order valence-corrected chi connectivity index (χ0v) is 24.4. The molecule has 1 N–H and O–H groups in total. The molecule has 0 bridgehead atoms. The Labute approximate surface area is 238 Å². The number of carbonyl (C=O) groups is 2. The third-order valence-corrected chi connectivity index (χ3v) is 9.35. The number of carbonyl (C=O) groups excluding carboxylic acids is 2. The van der Waals surface area contributed by atoms with Crippen LogP contribution < -0.4 is 9.62 Å². The van der Waals surface area contributed by atoms with Gasteiger partial charge in [0.05, 0.1) is 10.6 Å². The zero-order chi connectivity index (χ0) is 28.7. The molecule has 0 aliphatic heterocycles. The van der Waals surface area contributed by atoms with Crippen LogP contribution in [0.5, 0.6) is 0 Å². The first-order valence-electron chi connectivity index (χ1n) is 13.9. The summed E-state index contributed by atoms with van der Waals surface area (Å²) in [5.74, 6) is -0.641. The Morgan fingerprint density at radius 2 is 1.45 bits per heavy atom. The molecule has 0 spiro atoms. The molecule has 1 fully saturated rings. The standard InChI is InChI=1S/C32H39N3O4S/c1-24-13-17-29(18-14-24)35(40(38,39)30-19-15-25(2)16-20-30)23-31(36)34(22-21-27-9-5-4-6-10-27)26(3)32(37)33-28-11-7-8-12-28/h4-6,9-10,13-20,26,28H,7-8,11-12,21-23H2,1-3H3,(H,33,37)/t26-/m1/s1. The van der Waals surface area contributed by atoms with Gasteiger partial charge < -0.3 is 10.2 Å². The zero-order valence-electron chi connectivity index (χ0n) is 23.5. The number of hydrogen-bond acceptors (Lipinski definition) is 4. The number of nitrogens with zero attached hydrogens (tertiary/aromatic N) is 2. The number of rotatable bonds is 11. The van der Waals surface area contributed by atoms with Gasteiger partial charge in [-0.25, -0.2) is 8.42 Å². The van der Waals surface area contributed by atoms with Gasteiger partial charge in [0.15, 0.2) is 0 Å². The number of aryl methyl sites for hydroxylation is 2.